The third kappa shape index (κ3) is 4.02. The van der Waals surface area contributed by atoms with Crippen LogP contribution in [0.3, 0.4) is 0 Å². The highest BCUT2D eigenvalue weighted by Crippen LogP contribution is 2.28. The molecular formula is C25H28. The van der Waals surface area contributed by atoms with Crippen molar-refractivity contribution in [2.75, 3.05) is 0 Å². The van der Waals surface area contributed by atoms with Gasteiger partial charge in [0.2, 0.25) is 0 Å². The van der Waals surface area contributed by atoms with Gasteiger partial charge in [-0.1, -0.05) is 87.5 Å². The highest BCUT2D eigenvalue weighted by Gasteiger charge is 2.06. The molecule has 0 nitrogen and oxygen atoms in total. The van der Waals surface area contributed by atoms with Gasteiger partial charge in [-0.05, 0) is 64.6 Å². The molecular weight excluding hydrogens is 300 g/mol. The maximum atomic E-state index is 2.33. The molecule has 0 aliphatic carbocycles. The van der Waals surface area contributed by atoms with Gasteiger partial charge in [0.1, 0.15) is 0 Å². The maximum absolute atomic E-state index is 2.33. The van der Waals surface area contributed by atoms with Crippen LogP contribution in [0.5, 0.6) is 0 Å². The summed E-state index contributed by atoms with van der Waals surface area (Å²) in [5.41, 5.74) is 9.51. The number of aryl methyl sites for hydroxylation is 2. The Labute approximate surface area is 152 Å². The fraction of sp³-hybridized carbons (Fsp3) is 0.280. The van der Waals surface area contributed by atoms with Crippen molar-refractivity contribution in [3.8, 4) is 22.3 Å². The van der Waals surface area contributed by atoms with Crippen molar-refractivity contribution in [1.82, 2.24) is 0 Å². The van der Waals surface area contributed by atoms with E-state index in [2.05, 4.69) is 94.4 Å². The summed E-state index contributed by atoms with van der Waals surface area (Å²) < 4.78 is 0. The van der Waals surface area contributed by atoms with Crippen LogP contribution < -0.4 is 0 Å². The fourth-order valence-electron chi connectivity index (χ4n) is 3.50. The molecule has 0 aliphatic heterocycles. The smallest absolute Gasteiger partial charge is 0.0152 e. The zero-order chi connectivity index (χ0) is 17.8. The van der Waals surface area contributed by atoms with Crippen LogP contribution in [-0.2, 0) is 12.8 Å². The molecule has 0 unspecified atom stereocenters. The minimum atomic E-state index is 0.697. The molecule has 128 valence electrons. The Kier molecular flexibility index (Phi) is 5.38. The van der Waals surface area contributed by atoms with Gasteiger partial charge < -0.3 is 0 Å². The predicted molar refractivity (Wildman–Crippen MR) is 110 cm³/mol. The zero-order valence-corrected chi connectivity index (χ0v) is 15.8. The first-order valence-electron chi connectivity index (χ1n) is 9.36. The quantitative estimate of drug-likeness (QED) is 0.469. The molecule has 0 bridgehead atoms. The Balaban J connectivity index is 1.89. The van der Waals surface area contributed by atoms with E-state index in [1.807, 2.05) is 0 Å². The van der Waals surface area contributed by atoms with E-state index in [0.717, 1.165) is 12.8 Å². The van der Waals surface area contributed by atoms with Gasteiger partial charge >= 0.3 is 0 Å². The summed E-state index contributed by atoms with van der Waals surface area (Å²) in [6.45, 7) is 9.00. The summed E-state index contributed by atoms with van der Waals surface area (Å²) in [6.07, 6.45) is 2.22. The average molecular weight is 328 g/mol. The van der Waals surface area contributed by atoms with Crippen LogP contribution in [0.15, 0.2) is 66.7 Å². The fourth-order valence-corrected chi connectivity index (χ4v) is 3.50. The van der Waals surface area contributed by atoms with Gasteiger partial charge in [0, 0.05) is 0 Å². The maximum Gasteiger partial charge on any atom is -0.0152 e. The molecule has 0 aromatic heterocycles. The van der Waals surface area contributed by atoms with Crippen LogP contribution in [-0.4, -0.2) is 0 Å². The van der Waals surface area contributed by atoms with Crippen LogP contribution in [0.4, 0.5) is 0 Å². The molecule has 0 heterocycles. The van der Waals surface area contributed by atoms with Gasteiger partial charge in [-0.25, -0.2) is 0 Å². The first-order valence-corrected chi connectivity index (χ1v) is 9.36. The molecule has 0 saturated heterocycles. The first-order chi connectivity index (χ1) is 12.1. The topological polar surface area (TPSA) is 0 Å². The normalized spacial score (nSPS) is 11.1. The largest absolute Gasteiger partial charge is 0.0625 e. The summed E-state index contributed by atoms with van der Waals surface area (Å²) in [4.78, 5) is 0. The Morgan fingerprint density at radius 3 is 2.00 bits per heavy atom. The summed E-state index contributed by atoms with van der Waals surface area (Å²) in [7, 11) is 0. The van der Waals surface area contributed by atoms with Crippen molar-refractivity contribution in [3.63, 3.8) is 0 Å². The van der Waals surface area contributed by atoms with Crippen LogP contribution in [0.2, 0.25) is 0 Å². The van der Waals surface area contributed by atoms with Gasteiger partial charge in [-0.2, -0.15) is 0 Å². The van der Waals surface area contributed by atoms with Crippen LogP contribution in [0, 0.1) is 12.8 Å². The van der Waals surface area contributed by atoms with E-state index in [-0.39, 0.29) is 0 Å². The van der Waals surface area contributed by atoms with E-state index >= 15 is 0 Å². The van der Waals surface area contributed by atoms with Crippen molar-refractivity contribution in [2.45, 2.75) is 40.5 Å². The van der Waals surface area contributed by atoms with Gasteiger partial charge in [-0.3, -0.25) is 0 Å². The molecule has 3 rings (SSSR count). The molecule has 0 fully saturated rings. The third-order valence-corrected chi connectivity index (χ3v) is 4.90. The molecule has 0 spiro atoms. The Hall–Kier alpha value is -2.34. The zero-order valence-electron chi connectivity index (χ0n) is 15.8. The van der Waals surface area contributed by atoms with Gasteiger partial charge in [0.05, 0.1) is 0 Å². The van der Waals surface area contributed by atoms with E-state index in [4.69, 9.17) is 0 Å². The van der Waals surface area contributed by atoms with Gasteiger partial charge in [0.25, 0.3) is 0 Å². The highest BCUT2D eigenvalue weighted by molar-refractivity contribution is 5.72. The summed E-state index contributed by atoms with van der Waals surface area (Å²) in [6, 6.07) is 24.6. The van der Waals surface area contributed by atoms with E-state index in [9.17, 15) is 0 Å². The number of hydrogen-bond donors (Lipinski definition) is 0. The van der Waals surface area contributed by atoms with Gasteiger partial charge in [0.15, 0.2) is 0 Å². The lowest BCUT2D eigenvalue weighted by Gasteiger charge is -2.12. The standard InChI is InChI=1S/C25H28/c1-5-20-8-6-7-9-25(20)22-12-10-21(11-13-22)24-15-14-23(16-18(2)3)19(4)17-24/h6-15,17-18H,5,16H2,1-4H3. The van der Waals surface area contributed by atoms with Crippen molar-refractivity contribution < 1.29 is 0 Å². The molecule has 0 aliphatic rings. The van der Waals surface area contributed by atoms with Crippen LogP contribution in [0.1, 0.15) is 37.5 Å². The van der Waals surface area contributed by atoms with Gasteiger partial charge in [-0.15, -0.1) is 0 Å². The molecule has 0 atom stereocenters. The number of benzene rings is 3. The monoisotopic (exact) mass is 328 g/mol. The van der Waals surface area contributed by atoms with E-state index in [0.29, 0.717) is 5.92 Å². The minimum Gasteiger partial charge on any atom is -0.0625 e. The molecule has 3 aromatic carbocycles. The minimum absolute atomic E-state index is 0.697. The lowest BCUT2D eigenvalue weighted by Crippen LogP contribution is -1.97. The van der Waals surface area contributed by atoms with E-state index < -0.39 is 0 Å². The lowest BCUT2D eigenvalue weighted by molar-refractivity contribution is 0.645. The summed E-state index contributed by atoms with van der Waals surface area (Å²) in [5, 5.41) is 0. The second-order valence-corrected chi connectivity index (χ2v) is 7.33. The predicted octanol–water partition coefficient (Wildman–Crippen LogP) is 7.09. The lowest BCUT2D eigenvalue weighted by atomic mass is 9.93. The molecule has 0 radical (unpaired) electrons. The first kappa shape index (κ1) is 17.5. The summed E-state index contributed by atoms with van der Waals surface area (Å²) in [5.74, 6) is 0.697. The summed E-state index contributed by atoms with van der Waals surface area (Å²) >= 11 is 0. The van der Waals surface area contributed by atoms with Crippen molar-refractivity contribution in [1.29, 1.82) is 0 Å². The van der Waals surface area contributed by atoms with E-state index in [1.54, 1.807) is 0 Å². The van der Waals surface area contributed by atoms with Crippen molar-refractivity contribution in [2.24, 2.45) is 5.92 Å². The van der Waals surface area contributed by atoms with Crippen molar-refractivity contribution in [3.05, 3.63) is 83.4 Å². The van der Waals surface area contributed by atoms with E-state index in [1.165, 1.54) is 38.9 Å². The number of rotatable bonds is 5. The molecule has 3 aromatic rings. The average Bonchev–Trinajstić information content (AvgIpc) is 2.63. The Morgan fingerprint density at radius 2 is 1.36 bits per heavy atom. The Bertz CT molecular complexity index is 838. The second kappa shape index (κ2) is 7.70. The molecule has 0 saturated carbocycles. The SMILES string of the molecule is CCc1ccccc1-c1ccc(-c2ccc(CC(C)C)c(C)c2)cc1. The second-order valence-electron chi connectivity index (χ2n) is 7.33. The molecule has 0 N–H and O–H groups in total. The third-order valence-electron chi connectivity index (χ3n) is 4.90. The Morgan fingerprint density at radius 1 is 0.720 bits per heavy atom. The number of hydrogen-bond acceptors (Lipinski definition) is 0. The van der Waals surface area contributed by atoms with Crippen LogP contribution in [0.25, 0.3) is 22.3 Å². The van der Waals surface area contributed by atoms with Crippen LogP contribution >= 0.6 is 0 Å². The highest BCUT2D eigenvalue weighted by atomic mass is 14.1. The molecule has 0 heteroatoms. The molecule has 25 heavy (non-hydrogen) atoms. The molecule has 0 amide bonds. The van der Waals surface area contributed by atoms with Crippen molar-refractivity contribution >= 4 is 0 Å².